The van der Waals surface area contributed by atoms with Gasteiger partial charge in [-0.15, -0.1) is 0 Å². The molecule has 82 valence electrons. The minimum atomic E-state index is 0.312. The Morgan fingerprint density at radius 3 is 2.64 bits per heavy atom. The van der Waals surface area contributed by atoms with Crippen molar-refractivity contribution in [1.29, 1.82) is 0 Å². The van der Waals surface area contributed by atoms with Gasteiger partial charge >= 0.3 is 0 Å². The lowest BCUT2D eigenvalue weighted by Gasteiger charge is -2.24. The van der Waals surface area contributed by atoms with E-state index in [0.29, 0.717) is 12.3 Å². The fourth-order valence-corrected chi connectivity index (χ4v) is 2.38. The Balaban J connectivity index is 1.57. The maximum Gasteiger partial charge on any atom is 0.132 e. The van der Waals surface area contributed by atoms with E-state index in [9.17, 15) is 0 Å². The Kier molecular flexibility index (Phi) is 3.79. The normalized spacial score (nSPS) is 30.2. The first-order valence-corrected chi connectivity index (χ1v) is 5.95. The van der Waals surface area contributed by atoms with Crippen molar-refractivity contribution >= 4 is 0 Å². The molecule has 2 unspecified atom stereocenters. The highest BCUT2D eigenvalue weighted by molar-refractivity contribution is 4.76. The Morgan fingerprint density at radius 1 is 1.29 bits per heavy atom. The molecule has 2 rings (SSSR count). The maximum atomic E-state index is 6.06. The Bertz CT molecular complexity index is 165. The molecular formula is C11H22N2O. The molecule has 0 bridgehead atoms. The van der Waals surface area contributed by atoms with Crippen LogP contribution in [-0.4, -0.2) is 25.4 Å². The highest BCUT2D eigenvalue weighted by Crippen LogP contribution is 2.26. The molecule has 0 spiro atoms. The standard InChI is InChI=1S/C11H22N2O/c12-10(7-13-11-8-14-11)6-9-4-2-1-3-5-9/h9-11,13H,1-8,12H2. The predicted molar refractivity (Wildman–Crippen MR) is 56.9 cm³/mol. The van der Waals surface area contributed by atoms with Crippen LogP contribution in [0.2, 0.25) is 0 Å². The highest BCUT2D eigenvalue weighted by Gasteiger charge is 2.23. The zero-order chi connectivity index (χ0) is 9.80. The van der Waals surface area contributed by atoms with Crippen LogP contribution in [0.15, 0.2) is 0 Å². The Hall–Kier alpha value is -0.120. The maximum absolute atomic E-state index is 6.06. The van der Waals surface area contributed by atoms with Crippen LogP contribution < -0.4 is 11.1 Å². The third kappa shape index (κ3) is 3.56. The summed E-state index contributed by atoms with van der Waals surface area (Å²) in [7, 11) is 0. The smallest absolute Gasteiger partial charge is 0.132 e. The van der Waals surface area contributed by atoms with E-state index in [-0.39, 0.29) is 0 Å². The molecule has 0 amide bonds. The lowest BCUT2D eigenvalue weighted by atomic mass is 9.85. The molecule has 0 aromatic heterocycles. The third-order valence-corrected chi connectivity index (χ3v) is 3.30. The molecule has 1 aliphatic heterocycles. The second kappa shape index (κ2) is 5.10. The molecule has 2 aliphatic rings. The molecule has 2 atom stereocenters. The molecule has 1 heterocycles. The van der Waals surface area contributed by atoms with Gasteiger partial charge in [-0.05, 0) is 12.3 Å². The number of hydrogen-bond donors (Lipinski definition) is 2. The van der Waals surface area contributed by atoms with Gasteiger partial charge in [0.1, 0.15) is 6.23 Å². The lowest BCUT2D eigenvalue weighted by molar-refractivity contribution is 0.303. The Labute approximate surface area is 86.4 Å². The van der Waals surface area contributed by atoms with Gasteiger partial charge in [0.25, 0.3) is 0 Å². The van der Waals surface area contributed by atoms with Crippen LogP contribution in [-0.2, 0) is 4.74 Å². The van der Waals surface area contributed by atoms with Crippen molar-refractivity contribution in [2.45, 2.75) is 50.8 Å². The molecular weight excluding hydrogens is 176 g/mol. The largest absolute Gasteiger partial charge is 0.357 e. The monoisotopic (exact) mass is 198 g/mol. The van der Waals surface area contributed by atoms with Crippen LogP contribution in [0.25, 0.3) is 0 Å². The zero-order valence-corrected chi connectivity index (χ0v) is 8.87. The summed E-state index contributed by atoms with van der Waals surface area (Å²) in [5, 5.41) is 3.30. The summed E-state index contributed by atoms with van der Waals surface area (Å²) in [4.78, 5) is 0. The second-order valence-corrected chi connectivity index (χ2v) is 4.73. The van der Waals surface area contributed by atoms with E-state index in [1.165, 1.54) is 38.5 Å². The molecule has 1 saturated carbocycles. The van der Waals surface area contributed by atoms with Crippen molar-refractivity contribution in [3.05, 3.63) is 0 Å². The molecule has 1 saturated heterocycles. The van der Waals surface area contributed by atoms with Crippen molar-refractivity contribution in [3.63, 3.8) is 0 Å². The average Bonchev–Trinajstić information content (AvgIpc) is 3.00. The van der Waals surface area contributed by atoms with Gasteiger partial charge in [-0.1, -0.05) is 32.1 Å². The molecule has 3 heteroatoms. The highest BCUT2D eigenvalue weighted by atomic mass is 16.6. The summed E-state index contributed by atoms with van der Waals surface area (Å²) in [6.07, 6.45) is 8.56. The first kappa shape index (κ1) is 10.4. The third-order valence-electron chi connectivity index (χ3n) is 3.30. The van der Waals surface area contributed by atoms with Crippen molar-refractivity contribution in [2.24, 2.45) is 11.7 Å². The van der Waals surface area contributed by atoms with Gasteiger partial charge in [0, 0.05) is 12.6 Å². The van der Waals surface area contributed by atoms with E-state index >= 15 is 0 Å². The summed E-state index contributed by atoms with van der Waals surface area (Å²) >= 11 is 0. The van der Waals surface area contributed by atoms with Crippen molar-refractivity contribution in [1.82, 2.24) is 5.32 Å². The number of nitrogens with one attached hydrogen (secondary N) is 1. The molecule has 14 heavy (non-hydrogen) atoms. The molecule has 2 fully saturated rings. The summed E-state index contributed by atoms with van der Waals surface area (Å²) in [5.41, 5.74) is 6.06. The van der Waals surface area contributed by atoms with Gasteiger partial charge in [0.15, 0.2) is 0 Å². The van der Waals surface area contributed by atoms with Crippen molar-refractivity contribution < 1.29 is 4.74 Å². The number of rotatable bonds is 5. The van der Waals surface area contributed by atoms with Gasteiger partial charge in [-0.25, -0.2) is 0 Å². The van der Waals surface area contributed by atoms with Crippen LogP contribution in [0.1, 0.15) is 38.5 Å². The summed E-state index contributed by atoms with van der Waals surface area (Å²) in [6.45, 7) is 1.79. The zero-order valence-electron chi connectivity index (χ0n) is 8.87. The van der Waals surface area contributed by atoms with Gasteiger partial charge in [0.2, 0.25) is 0 Å². The van der Waals surface area contributed by atoms with Crippen LogP contribution in [0.3, 0.4) is 0 Å². The van der Waals surface area contributed by atoms with Crippen molar-refractivity contribution in [2.75, 3.05) is 13.2 Å². The molecule has 0 radical (unpaired) electrons. The molecule has 0 aromatic carbocycles. The van der Waals surface area contributed by atoms with Crippen LogP contribution >= 0.6 is 0 Å². The number of hydrogen-bond acceptors (Lipinski definition) is 3. The molecule has 0 aromatic rings. The molecule has 1 aliphatic carbocycles. The van der Waals surface area contributed by atoms with Crippen LogP contribution in [0, 0.1) is 5.92 Å². The van der Waals surface area contributed by atoms with E-state index in [1.807, 2.05) is 0 Å². The Morgan fingerprint density at radius 2 is 2.00 bits per heavy atom. The van der Waals surface area contributed by atoms with E-state index < -0.39 is 0 Å². The summed E-state index contributed by atoms with van der Waals surface area (Å²) in [6, 6.07) is 0.322. The lowest BCUT2D eigenvalue weighted by Crippen LogP contribution is -2.37. The average molecular weight is 198 g/mol. The van der Waals surface area contributed by atoms with Crippen LogP contribution in [0.5, 0.6) is 0 Å². The van der Waals surface area contributed by atoms with Gasteiger partial charge in [-0.2, -0.15) is 0 Å². The minimum absolute atomic E-state index is 0.312. The number of nitrogens with two attached hydrogens (primary N) is 1. The van der Waals surface area contributed by atoms with E-state index in [4.69, 9.17) is 10.5 Å². The number of epoxide rings is 1. The summed E-state index contributed by atoms with van der Waals surface area (Å²) < 4.78 is 5.08. The van der Waals surface area contributed by atoms with Crippen molar-refractivity contribution in [3.8, 4) is 0 Å². The fourth-order valence-electron chi connectivity index (χ4n) is 2.38. The second-order valence-electron chi connectivity index (χ2n) is 4.73. The van der Waals surface area contributed by atoms with Gasteiger partial charge in [-0.3, -0.25) is 5.32 Å². The number of ether oxygens (including phenoxy) is 1. The van der Waals surface area contributed by atoms with Gasteiger partial charge < -0.3 is 10.5 Å². The predicted octanol–water partition coefficient (Wildman–Crippen LogP) is 1.23. The molecule has 3 N–H and O–H groups in total. The van der Waals surface area contributed by atoms with E-state index in [2.05, 4.69) is 5.32 Å². The quantitative estimate of drug-likeness (QED) is 0.653. The SMILES string of the molecule is NC(CNC1CO1)CC1CCCCC1. The first-order chi connectivity index (χ1) is 6.84. The van der Waals surface area contributed by atoms with E-state index in [1.54, 1.807) is 0 Å². The molecule has 3 nitrogen and oxygen atoms in total. The van der Waals surface area contributed by atoms with Gasteiger partial charge in [0.05, 0.1) is 6.61 Å². The fraction of sp³-hybridized carbons (Fsp3) is 1.00. The summed E-state index contributed by atoms with van der Waals surface area (Å²) in [5.74, 6) is 0.890. The topological polar surface area (TPSA) is 50.6 Å². The van der Waals surface area contributed by atoms with E-state index in [0.717, 1.165) is 19.1 Å². The first-order valence-electron chi connectivity index (χ1n) is 5.95. The minimum Gasteiger partial charge on any atom is -0.357 e. The van der Waals surface area contributed by atoms with Crippen LogP contribution in [0.4, 0.5) is 0 Å².